The molecule has 4 rings (SSSR count). The molecule has 1 aliphatic heterocycles. The van der Waals surface area contributed by atoms with Crippen molar-refractivity contribution >= 4 is 11.4 Å². The fourth-order valence-electron chi connectivity index (χ4n) is 4.83. The summed E-state index contributed by atoms with van der Waals surface area (Å²) in [5, 5.41) is 26.1. The molecule has 33 heavy (non-hydrogen) atoms. The van der Waals surface area contributed by atoms with Gasteiger partial charge in [-0.3, -0.25) is 10.1 Å². The molecule has 3 aromatic carbocycles. The van der Waals surface area contributed by atoms with E-state index in [2.05, 4.69) is 10.2 Å². The molecule has 3 aromatic rings. The largest absolute Gasteiger partial charge is 0.385 e. The zero-order chi connectivity index (χ0) is 23.1. The number of likely N-dealkylation sites (tertiary alicyclic amines) is 1. The fraction of sp³-hybridized carbons (Fsp3) is 0.333. The molecular formula is C27H31N3O3. The lowest BCUT2D eigenvalue weighted by atomic mass is 9.72. The molecule has 0 unspecified atom stereocenters. The van der Waals surface area contributed by atoms with Gasteiger partial charge in [0, 0.05) is 24.4 Å². The van der Waals surface area contributed by atoms with Crippen LogP contribution < -0.4 is 5.32 Å². The van der Waals surface area contributed by atoms with Crippen LogP contribution >= 0.6 is 0 Å². The molecule has 172 valence electrons. The Hall–Kier alpha value is -3.22. The van der Waals surface area contributed by atoms with Crippen molar-refractivity contribution in [2.45, 2.75) is 24.9 Å². The fourth-order valence-corrected chi connectivity index (χ4v) is 4.83. The van der Waals surface area contributed by atoms with E-state index in [9.17, 15) is 15.2 Å². The molecule has 6 heteroatoms. The molecule has 0 radical (unpaired) electrons. The van der Waals surface area contributed by atoms with Crippen LogP contribution in [0.2, 0.25) is 0 Å². The molecule has 0 saturated carbocycles. The van der Waals surface area contributed by atoms with Crippen LogP contribution in [-0.2, 0) is 5.60 Å². The van der Waals surface area contributed by atoms with Crippen molar-refractivity contribution in [1.29, 1.82) is 0 Å². The molecule has 0 amide bonds. The third-order valence-corrected chi connectivity index (χ3v) is 6.66. The van der Waals surface area contributed by atoms with Gasteiger partial charge in [-0.15, -0.1) is 0 Å². The number of non-ortho nitro benzene ring substituents is 1. The zero-order valence-electron chi connectivity index (χ0n) is 18.8. The minimum Gasteiger partial charge on any atom is -0.385 e. The molecule has 0 atom stereocenters. The molecule has 6 nitrogen and oxygen atoms in total. The first-order valence-electron chi connectivity index (χ1n) is 11.6. The highest BCUT2D eigenvalue weighted by molar-refractivity contribution is 5.48. The number of aliphatic hydroxyl groups is 1. The van der Waals surface area contributed by atoms with Crippen LogP contribution in [0.1, 0.15) is 30.4 Å². The van der Waals surface area contributed by atoms with E-state index in [-0.39, 0.29) is 16.5 Å². The number of hydrogen-bond donors (Lipinski definition) is 2. The van der Waals surface area contributed by atoms with Gasteiger partial charge >= 0.3 is 0 Å². The van der Waals surface area contributed by atoms with Gasteiger partial charge in [0.2, 0.25) is 0 Å². The normalized spacial score (nSPS) is 15.3. The molecule has 1 fully saturated rings. The number of nitrogens with one attached hydrogen (secondary N) is 1. The maximum Gasteiger partial charge on any atom is 0.269 e. The Labute approximate surface area is 195 Å². The van der Waals surface area contributed by atoms with E-state index in [1.165, 1.54) is 12.1 Å². The lowest BCUT2D eigenvalue weighted by Crippen LogP contribution is -2.44. The second-order valence-corrected chi connectivity index (χ2v) is 8.70. The average Bonchev–Trinajstić information content (AvgIpc) is 2.88. The first-order chi connectivity index (χ1) is 16.1. The summed E-state index contributed by atoms with van der Waals surface area (Å²) in [4.78, 5) is 12.8. The molecule has 1 heterocycles. The Kier molecular flexibility index (Phi) is 7.37. The van der Waals surface area contributed by atoms with Gasteiger partial charge in [-0.05, 0) is 68.1 Å². The lowest BCUT2D eigenvalue weighted by molar-refractivity contribution is -0.384. The molecule has 0 aromatic heterocycles. The van der Waals surface area contributed by atoms with Crippen LogP contribution in [0.25, 0.3) is 0 Å². The number of nitro benzene ring substituents is 1. The maximum atomic E-state index is 12.0. The van der Waals surface area contributed by atoms with Gasteiger partial charge in [-0.25, -0.2) is 0 Å². The van der Waals surface area contributed by atoms with Crippen molar-refractivity contribution in [1.82, 2.24) is 4.90 Å². The number of piperidine rings is 1. The number of nitrogens with zero attached hydrogens (tertiary/aromatic N) is 2. The van der Waals surface area contributed by atoms with Crippen LogP contribution in [0.15, 0.2) is 84.9 Å². The van der Waals surface area contributed by atoms with Crippen molar-refractivity contribution in [3.05, 3.63) is 106 Å². The van der Waals surface area contributed by atoms with E-state index in [1.54, 1.807) is 12.1 Å². The highest BCUT2D eigenvalue weighted by Gasteiger charge is 2.41. The Morgan fingerprint density at radius 3 is 1.97 bits per heavy atom. The number of anilines is 1. The smallest absolute Gasteiger partial charge is 0.269 e. The van der Waals surface area contributed by atoms with Crippen LogP contribution in [0.5, 0.6) is 0 Å². The van der Waals surface area contributed by atoms with Gasteiger partial charge in [-0.2, -0.15) is 0 Å². The Bertz CT molecular complexity index is 978. The number of benzene rings is 3. The van der Waals surface area contributed by atoms with E-state index in [1.807, 2.05) is 60.7 Å². The molecule has 0 bridgehead atoms. The zero-order valence-corrected chi connectivity index (χ0v) is 18.8. The number of nitro groups is 1. The first kappa shape index (κ1) is 23.0. The Morgan fingerprint density at radius 1 is 0.909 bits per heavy atom. The van der Waals surface area contributed by atoms with Crippen molar-refractivity contribution in [3.63, 3.8) is 0 Å². The van der Waals surface area contributed by atoms with Gasteiger partial charge in [-0.1, -0.05) is 60.7 Å². The Balaban J connectivity index is 1.30. The van der Waals surface area contributed by atoms with Gasteiger partial charge in [0.1, 0.15) is 5.60 Å². The van der Waals surface area contributed by atoms with E-state index in [0.29, 0.717) is 0 Å². The van der Waals surface area contributed by atoms with Gasteiger partial charge in [0.15, 0.2) is 0 Å². The molecular weight excluding hydrogens is 414 g/mol. The van der Waals surface area contributed by atoms with Crippen molar-refractivity contribution in [3.8, 4) is 0 Å². The van der Waals surface area contributed by atoms with Crippen LogP contribution in [0.4, 0.5) is 11.4 Å². The van der Waals surface area contributed by atoms with Crippen molar-refractivity contribution in [2.75, 3.05) is 31.5 Å². The SMILES string of the molecule is O=[N+]([O-])c1ccc(NCCCN2CCC(C(O)(c3ccccc3)c3ccccc3)CC2)cc1. The Morgan fingerprint density at radius 2 is 1.45 bits per heavy atom. The predicted molar refractivity (Wildman–Crippen MR) is 131 cm³/mol. The standard InChI is InChI=1S/C27H31N3O3/c31-27(22-8-3-1-4-9-22,23-10-5-2-6-11-23)24-16-20-29(21-17-24)19-7-18-28-25-12-14-26(15-13-25)30(32)33/h1-6,8-15,24,28,31H,7,16-21H2. The first-order valence-corrected chi connectivity index (χ1v) is 11.6. The van der Waals surface area contributed by atoms with E-state index in [0.717, 1.165) is 62.3 Å². The summed E-state index contributed by atoms with van der Waals surface area (Å²) in [6.45, 7) is 3.73. The molecule has 1 aliphatic rings. The number of hydrogen-bond acceptors (Lipinski definition) is 5. The van der Waals surface area contributed by atoms with Gasteiger partial charge in [0.05, 0.1) is 4.92 Å². The van der Waals surface area contributed by atoms with E-state index < -0.39 is 5.60 Å². The quantitative estimate of drug-likeness (QED) is 0.274. The van der Waals surface area contributed by atoms with Crippen molar-refractivity contribution < 1.29 is 10.0 Å². The second-order valence-electron chi connectivity index (χ2n) is 8.70. The molecule has 2 N–H and O–H groups in total. The summed E-state index contributed by atoms with van der Waals surface area (Å²) in [6.07, 6.45) is 2.87. The van der Waals surface area contributed by atoms with E-state index in [4.69, 9.17) is 0 Å². The van der Waals surface area contributed by atoms with Crippen LogP contribution in [0, 0.1) is 16.0 Å². The highest BCUT2D eigenvalue weighted by Crippen LogP contribution is 2.41. The number of rotatable bonds is 9. The third kappa shape index (κ3) is 5.41. The van der Waals surface area contributed by atoms with Crippen LogP contribution in [0.3, 0.4) is 0 Å². The predicted octanol–water partition coefficient (Wildman–Crippen LogP) is 5.04. The minimum absolute atomic E-state index is 0.106. The monoisotopic (exact) mass is 445 g/mol. The lowest BCUT2D eigenvalue weighted by Gasteiger charge is -2.42. The summed E-state index contributed by atoms with van der Waals surface area (Å²) < 4.78 is 0. The third-order valence-electron chi connectivity index (χ3n) is 6.66. The molecule has 0 spiro atoms. The summed E-state index contributed by atoms with van der Waals surface area (Å²) in [5.41, 5.74) is 1.94. The average molecular weight is 446 g/mol. The molecule has 1 saturated heterocycles. The minimum atomic E-state index is -0.980. The van der Waals surface area contributed by atoms with Crippen LogP contribution in [-0.4, -0.2) is 41.1 Å². The molecule has 0 aliphatic carbocycles. The maximum absolute atomic E-state index is 12.0. The van der Waals surface area contributed by atoms with Crippen molar-refractivity contribution in [2.24, 2.45) is 5.92 Å². The highest BCUT2D eigenvalue weighted by atomic mass is 16.6. The second kappa shape index (κ2) is 10.6. The van der Waals surface area contributed by atoms with E-state index >= 15 is 0 Å². The topological polar surface area (TPSA) is 78.6 Å². The summed E-state index contributed by atoms with van der Waals surface area (Å²) >= 11 is 0. The summed E-state index contributed by atoms with van der Waals surface area (Å²) in [5.74, 6) is 0.164. The van der Waals surface area contributed by atoms with Gasteiger partial charge < -0.3 is 15.3 Å². The summed E-state index contributed by atoms with van der Waals surface area (Å²) in [7, 11) is 0. The summed E-state index contributed by atoms with van der Waals surface area (Å²) in [6, 6.07) is 26.6. The van der Waals surface area contributed by atoms with Gasteiger partial charge in [0.25, 0.3) is 5.69 Å².